The third kappa shape index (κ3) is 5.72. The Hall–Kier alpha value is -2.09. The van der Waals surface area contributed by atoms with E-state index >= 15 is 0 Å². The molecule has 1 rings (SSSR count). The standard InChI is InChI=1S/C14H17BrN2O5/c1-8(12(18)17-14(20)16-3)22-13(19)9(2)21-11-6-4-10(15)5-7-11/h4-9H,1-3H3,(H2,16,17,18,20)/t8-,9+/m1/s1. The fourth-order valence-electron chi connectivity index (χ4n) is 1.36. The molecule has 22 heavy (non-hydrogen) atoms. The number of hydrogen-bond donors (Lipinski definition) is 2. The number of imide groups is 1. The molecule has 2 N–H and O–H groups in total. The number of benzene rings is 1. The highest BCUT2D eigenvalue weighted by atomic mass is 79.9. The number of carbonyl (C=O) groups excluding carboxylic acids is 3. The molecule has 0 spiro atoms. The van der Waals surface area contributed by atoms with Crippen LogP contribution >= 0.6 is 15.9 Å². The van der Waals surface area contributed by atoms with Crippen LogP contribution in [0, 0.1) is 0 Å². The summed E-state index contributed by atoms with van der Waals surface area (Å²) in [6, 6.07) is 6.25. The second-order valence-corrected chi connectivity index (χ2v) is 5.28. The van der Waals surface area contributed by atoms with Crippen LogP contribution in [-0.4, -0.2) is 37.2 Å². The zero-order chi connectivity index (χ0) is 16.7. The fourth-order valence-corrected chi connectivity index (χ4v) is 1.63. The van der Waals surface area contributed by atoms with Gasteiger partial charge >= 0.3 is 12.0 Å². The van der Waals surface area contributed by atoms with Gasteiger partial charge in [0.05, 0.1) is 0 Å². The van der Waals surface area contributed by atoms with Crippen molar-refractivity contribution in [3.8, 4) is 5.75 Å². The molecule has 0 saturated carbocycles. The van der Waals surface area contributed by atoms with Gasteiger partial charge in [-0.2, -0.15) is 0 Å². The molecule has 0 aliphatic carbocycles. The number of urea groups is 1. The Morgan fingerprint density at radius 1 is 1.09 bits per heavy atom. The van der Waals surface area contributed by atoms with Gasteiger partial charge in [-0.05, 0) is 38.1 Å². The van der Waals surface area contributed by atoms with Crippen molar-refractivity contribution in [2.45, 2.75) is 26.1 Å². The van der Waals surface area contributed by atoms with Crippen molar-refractivity contribution >= 4 is 33.8 Å². The van der Waals surface area contributed by atoms with Crippen LogP contribution in [0.25, 0.3) is 0 Å². The van der Waals surface area contributed by atoms with E-state index in [0.29, 0.717) is 5.75 Å². The molecule has 0 aliphatic rings. The maximum absolute atomic E-state index is 11.8. The first-order valence-corrected chi connectivity index (χ1v) is 7.28. The van der Waals surface area contributed by atoms with E-state index in [4.69, 9.17) is 9.47 Å². The van der Waals surface area contributed by atoms with E-state index in [-0.39, 0.29) is 0 Å². The van der Waals surface area contributed by atoms with E-state index in [0.717, 1.165) is 4.47 Å². The Labute approximate surface area is 136 Å². The highest BCUT2D eigenvalue weighted by Crippen LogP contribution is 2.17. The van der Waals surface area contributed by atoms with Crippen LogP contribution in [0.15, 0.2) is 28.7 Å². The van der Waals surface area contributed by atoms with Gasteiger partial charge in [0, 0.05) is 11.5 Å². The number of halogens is 1. The van der Waals surface area contributed by atoms with Crippen LogP contribution in [0.2, 0.25) is 0 Å². The molecule has 120 valence electrons. The van der Waals surface area contributed by atoms with Gasteiger partial charge in [-0.1, -0.05) is 15.9 Å². The summed E-state index contributed by atoms with van der Waals surface area (Å²) in [6.07, 6.45) is -2.00. The van der Waals surface area contributed by atoms with Crippen LogP contribution in [0.1, 0.15) is 13.8 Å². The van der Waals surface area contributed by atoms with Gasteiger partial charge in [0.1, 0.15) is 5.75 Å². The predicted octanol–water partition coefficient (Wildman–Crippen LogP) is 1.60. The SMILES string of the molecule is CNC(=O)NC(=O)[C@@H](C)OC(=O)[C@H](C)Oc1ccc(Br)cc1. The number of nitrogens with one attached hydrogen (secondary N) is 2. The molecule has 0 bridgehead atoms. The Bertz CT molecular complexity index is 547. The average Bonchev–Trinajstić information content (AvgIpc) is 2.49. The molecule has 8 heteroatoms. The lowest BCUT2D eigenvalue weighted by atomic mass is 10.3. The molecule has 0 fully saturated rings. The van der Waals surface area contributed by atoms with Gasteiger partial charge in [-0.25, -0.2) is 9.59 Å². The lowest BCUT2D eigenvalue weighted by Crippen LogP contribution is -2.44. The second-order valence-electron chi connectivity index (χ2n) is 4.36. The van der Waals surface area contributed by atoms with Crippen molar-refractivity contribution in [3.05, 3.63) is 28.7 Å². The van der Waals surface area contributed by atoms with E-state index in [1.807, 2.05) is 5.32 Å². The summed E-state index contributed by atoms with van der Waals surface area (Å²) >= 11 is 3.29. The van der Waals surface area contributed by atoms with Crippen LogP contribution in [-0.2, 0) is 14.3 Å². The molecule has 0 heterocycles. The summed E-state index contributed by atoms with van der Waals surface area (Å²) in [4.78, 5) is 34.4. The predicted molar refractivity (Wildman–Crippen MR) is 82.4 cm³/mol. The third-order valence-electron chi connectivity index (χ3n) is 2.58. The summed E-state index contributed by atoms with van der Waals surface area (Å²) in [5.74, 6) is -0.930. The number of esters is 1. The number of rotatable bonds is 5. The van der Waals surface area contributed by atoms with E-state index in [1.165, 1.54) is 20.9 Å². The van der Waals surface area contributed by atoms with Gasteiger partial charge < -0.3 is 14.8 Å². The number of carbonyl (C=O) groups is 3. The monoisotopic (exact) mass is 372 g/mol. The van der Waals surface area contributed by atoms with Gasteiger partial charge in [-0.15, -0.1) is 0 Å². The Morgan fingerprint density at radius 2 is 1.68 bits per heavy atom. The van der Waals surface area contributed by atoms with Gasteiger partial charge in [0.25, 0.3) is 5.91 Å². The molecule has 3 amide bonds. The fraction of sp³-hybridized carbons (Fsp3) is 0.357. The summed E-state index contributed by atoms with van der Waals surface area (Å²) < 4.78 is 11.2. The minimum Gasteiger partial charge on any atom is -0.479 e. The number of hydrogen-bond acceptors (Lipinski definition) is 5. The molecule has 7 nitrogen and oxygen atoms in total. The zero-order valence-corrected chi connectivity index (χ0v) is 14.0. The lowest BCUT2D eigenvalue weighted by Gasteiger charge is -2.17. The molecule has 0 aliphatic heterocycles. The van der Waals surface area contributed by atoms with Gasteiger partial charge in [0.2, 0.25) is 0 Å². The smallest absolute Gasteiger partial charge is 0.347 e. The molecular weight excluding hydrogens is 356 g/mol. The molecular formula is C14H17BrN2O5. The maximum atomic E-state index is 11.8. The Balaban J connectivity index is 2.51. The third-order valence-corrected chi connectivity index (χ3v) is 3.11. The molecule has 2 atom stereocenters. The molecule has 0 aromatic heterocycles. The first-order valence-electron chi connectivity index (χ1n) is 6.48. The highest BCUT2D eigenvalue weighted by molar-refractivity contribution is 9.10. The van der Waals surface area contributed by atoms with Crippen LogP contribution in [0.5, 0.6) is 5.75 Å². The lowest BCUT2D eigenvalue weighted by molar-refractivity contribution is -0.160. The summed E-state index contributed by atoms with van der Waals surface area (Å²) in [5.41, 5.74) is 0. The van der Waals surface area contributed by atoms with E-state index in [9.17, 15) is 14.4 Å². The second kappa shape index (κ2) is 8.38. The average molecular weight is 373 g/mol. The van der Waals surface area contributed by atoms with E-state index in [1.54, 1.807) is 24.3 Å². The molecule has 1 aromatic carbocycles. The van der Waals surface area contributed by atoms with Gasteiger partial charge in [0.15, 0.2) is 12.2 Å². The van der Waals surface area contributed by atoms with Crippen molar-refractivity contribution < 1.29 is 23.9 Å². The molecule has 0 radical (unpaired) electrons. The van der Waals surface area contributed by atoms with Crippen molar-refractivity contribution in [2.75, 3.05) is 7.05 Å². The molecule has 1 aromatic rings. The number of ether oxygens (including phenoxy) is 2. The summed E-state index contributed by atoms with van der Waals surface area (Å²) in [6.45, 7) is 2.87. The molecule has 0 unspecified atom stereocenters. The first kappa shape index (κ1) is 18.0. The minimum atomic E-state index is -1.11. The van der Waals surface area contributed by atoms with Crippen LogP contribution in [0.3, 0.4) is 0 Å². The van der Waals surface area contributed by atoms with Crippen molar-refractivity contribution in [1.82, 2.24) is 10.6 Å². The van der Waals surface area contributed by atoms with Crippen LogP contribution in [0.4, 0.5) is 4.79 Å². The molecule has 0 saturated heterocycles. The van der Waals surface area contributed by atoms with Gasteiger partial charge in [-0.3, -0.25) is 10.1 Å². The summed E-state index contributed by atoms with van der Waals surface area (Å²) in [5, 5.41) is 4.24. The van der Waals surface area contributed by atoms with Crippen molar-refractivity contribution in [3.63, 3.8) is 0 Å². The topological polar surface area (TPSA) is 93.7 Å². The zero-order valence-electron chi connectivity index (χ0n) is 12.4. The Morgan fingerprint density at radius 3 is 2.23 bits per heavy atom. The largest absolute Gasteiger partial charge is 0.479 e. The maximum Gasteiger partial charge on any atom is 0.347 e. The summed E-state index contributed by atoms with van der Waals surface area (Å²) in [7, 11) is 1.37. The minimum absolute atomic E-state index is 0.495. The highest BCUT2D eigenvalue weighted by Gasteiger charge is 2.24. The first-order chi connectivity index (χ1) is 10.3. The van der Waals surface area contributed by atoms with Crippen molar-refractivity contribution in [1.29, 1.82) is 0 Å². The van der Waals surface area contributed by atoms with Crippen molar-refractivity contribution in [2.24, 2.45) is 0 Å². The Kier molecular flexibility index (Phi) is 6.84. The normalized spacial score (nSPS) is 12.7. The van der Waals surface area contributed by atoms with E-state index < -0.39 is 30.1 Å². The van der Waals surface area contributed by atoms with E-state index in [2.05, 4.69) is 21.2 Å². The van der Waals surface area contributed by atoms with Crippen LogP contribution < -0.4 is 15.4 Å². The quantitative estimate of drug-likeness (QED) is 0.765. The number of amides is 3.